The molecule has 22 heavy (non-hydrogen) atoms. The summed E-state index contributed by atoms with van der Waals surface area (Å²) >= 11 is 0. The predicted molar refractivity (Wildman–Crippen MR) is 89.8 cm³/mol. The minimum atomic E-state index is -0.0169. The smallest absolute Gasteiger partial charge is 0.241 e. The summed E-state index contributed by atoms with van der Waals surface area (Å²) in [6.45, 7) is 4.41. The number of nitrogens with zero attached hydrogens (tertiary/aromatic N) is 1. The first-order valence-corrected chi connectivity index (χ1v) is 8.67. The van der Waals surface area contributed by atoms with Gasteiger partial charge < -0.3 is 10.6 Å². The van der Waals surface area contributed by atoms with Gasteiger partial charge in [-0.05, 0) is 63.0 Å². The van der Waals surface area contributed by atoms with Crippen molar-refractivity contribution >= 4 is 11.6 Å². The second-order valence-corrected chi connectivity index (χ2v) is 6.53. The van der Waals surface area contributed by atoms with Gasteiger partial charge >= 0.3 is 0 Å². The molecule has 0 saturated carbocycles. The van der Waals surface area contributed by atoms with Crippen molar-refractivity contribution in [3.8, 4) is 0 Å². The molecular formula is C18H27N3O. The van der Waals surface area contributed by atoms with Gasteiger partial charge in [-0.3, -0.25) is 9.69 Å². The zero-order valence-electron chi connectivity index (χ0n) is 13.3. The molecule has 2 fully saturated rings. The van der Waals surface area contributed by atoms with Gasteiger partial charge in [0, 0.05) is 12.2 Å². The van der Waals surface area contributed by atoms with E-state index in [2.05, 4.69) is 27.7 Å². The minimum Gasteiger partial charge on any atom is -0.325 e. The second kappa shape index (κ2) is 7.75. The monoisotopic (exact) mass is 301 g/mol. The Kier molecular flexibility index (Phi) is 5.46. The van der Waals surface area contributed by atoms with E-state index >= 15 is 0 Å². The number of amides is 1. The molecule has 0 aliphatic carbocycles. The normalized spacial score (nSPS) is 23.2. The molecule has 1 atom stereocenters. The van der Waals surface area contributed by atoms with Crippen molar-refractivity contribution in [1.29, 1.82) is 0 Å². The highest BCUT2D eigenvalue weighted by Crippen LogP contribution is 2.16. The van der Waals surface area contributed by atoms with E-state index in [1.807, 2.05) is 12.1 Å². The van der Waals surface area contributed by atoms with Crippen LogP contribution in [-0.4, -0.2) is 36.5 Å². The Bertz CT molecular complexity index is 472. The summed E-state index contributed by atoms with van der Waals surface area (Å²) in [5.74, 6) is 0.0952. The molecule has 2 aliphatic heterocycles. The van der Waals surface area contributed by atoms with Crippen LogP contribution in [0.3, 0.4) is 0 Å². The van der Waals surface area contributed by atoms with E-state index < -0.39 is 0 Å². The molecule has 0 unspecified atom stereocenters. The zero-order chi connectivity index (χ0) is 15.2. The van der Waals surface area contributed by atoms with Crippen molar-refractivity contribution in [2.75, 3.05) is 25.0 Å². The van der Waals surface area contributed by atoms with Crippen molar-refractivity contribution in [3.63, 3.8) is 0 Å². The fourth-order valence-corrected chi connectivity index (χ4v) is 3.38. The van der Waals surface area contributed by atoms with Gasteiger partial charge in [0.1, 0.15) is 0 Å². The lowest BCUT2D eigenvalue weighted by atomic mass is 10.1. The van der Waals surface area contributed by atoms with Crippen LogP contribution in [0.1, 0.15) is 44.1 Å². The number of anilines is 1. The van der Waals surface area contributed by atoms with Crippen LogP contribution < -0.4 is 10.6 Å². The summed E-state index contributed by atoms with van der Waals surface area (Å²) in [6, 6.07) is 8.32. The summed E-state index contributed by atoms with van der Waals surface area (Å²) in [5, 5.41) is 6.24. The second-order valence-electron chi connectivity index (χ2n) is 6.53. The topological polar surface area (TPSA) is 44.4 Å². The van der Waals surface area contributed by atoms with Crippen LogP contribution in [0.15, 0.2) is 24.3 Å². The Morgan fingerprint density at radius 2 is 1.82 bits per heavy atom. The first kappa shape index (κ1) is 15.5. The first-order valence-electron chi connectivity index (χ1n) is 8.67. The number of carbonyl (C=O) groups is 1. The van der Waals surface area contributed by atoms with Gasteiger partial charge in [-0.25, -0.2) is 0 Å². The third kappa shape index (κ3) is 4.31. The fraction of sp³-hybridized carbons (Fsp3) is 0.611. The number of likely N-dealkylation sites (tertiary alicyclic amines) is 1. The van der Waals surface area contributed by atoms with Crippen LogP contribution in [0.4, 0.5) is 5.69 Å². The lowest BCUT2D eigenvalue weighted by Gasteiger charge is -2.20. The van der Waals surface area contributed by atoms with Crippen LogP contribution in [0, 0.1) is 0 Å². The summed E-state index contributed by atoms with van der Waals surface area (Å²) in [4.78, 5) is 14.6. The van der Waals surface area contributed by atoms with E-state index in [1.54, 1.807) is 0 Å². The first-order chi connectivity index (χ1) is 10.8. The molecular weight excluding hydrogens is 274 g/mol. The molecule has 1 aromatic carbocycles. The number of carbonyl (C=O) groups excluding carboxylic acids is 1. The highest BCUT2D eigenvalue weighted by Gasteiger charge is 2.21. The molecule has 2 saturated heterocycles. The zero-order valence-corrected chi connectivity index (χ0v) is 13.3. The molecule has 0 aromatic heterocycles. The summed E-state index contributed by atoms with van der Waals surface area (Å²) < 4.78 is 0. The van der Waals surface area contributed by atoms with Crippen LogP contribution in [0.2, 0.25) is 0 Å². The Morgan fingerprint density at radius 3 is 2.45 bits per heavy atom. The van der Waals surface area contributed by atoms with Crippen LogP contribution in [0.5, 0.6) is 0 Å². The van der Waals surface area contributed by atoms with E-state index in [9.17, 15) is 4.79 Å². The predicted octanol–water partition coefficient (Wildman–Crippen LogP) is 2.75. The summed E-state index contributed by atoms with van der Waals surface area (Å²) in [6.07, 6.45) is 7.42. The average molecular weight is 301 g/mol. The van der Waals surface area contributed by atoms with Gasteiger partial charge in [0.2, 0.25) is 5.91 Å². The van der Waals surface area contributed by atoms with E-state index in [-0.39, 0.29) is 11.9 Å². The van der Waals surface area contributed by atoms with Gasteiger partial charge in [0.25, 0.3) is 0 Å². The molecule has 0 bridgehead atoms. The van der Waals surface area contributed by atoms with Gasteiger partial charge in [0.15, 0.2) is 0 Å². The van der Waals surface area contributed by atoms with Crippen molar-refractivity contribution in [2.24, 2.45) is 0 Å². The van der Waals surface area contributed by atoms with Gasteiger partial charge in [-0.2, -0.15) is 0 Å². The molecule has 2 aliphatic rings. The quantitative estimate of drug-likeness (QED) is 0.899. The highest BCUT2D eigenvalue weighted by atomic mass is 16.2. The van der Waals surface area contributed by atoms with E-state index in [0.717, 1.165) is 31.6 Å². The van der Waals surface area contributed by atoms with Crippen molar-refractivity contribution in [3.05, 3.63) is 29.8 Å². The molecule has 1 aromatic rings. The molecule has 4 nitrogen and oxygen atoms in total. The third-order valence-corrected chi connectivity index (χ3v) is 4.70. The summed E-state index contributed by atoms with van der Waals surface area (Å²) in [7, 11) is 0. The lowest BCUT2D eigenvalue weighted by Crippen LogP contribution is -2.35. The Labute approximate surface area is 133 Å². The number of hydrogen-bond acceptors (Lipinski definition) is 3. The average Bonchev–Trinajstić information content (AvgIpc) is 2.95. The van der Waals surface area contributed by atoms with E-state index in [0.29, 0.717) is 0 Å². The third-order valence-electron chi connectivity index (χ3n) is 4.70. The number of benzene rings is 1. The maximum atomic E-state index is 12.1. The van der Waals surface area contributed by atoms with E-state index in [1.165, 1.54) is 44.3 Å². The van der Waals surface area contributed by atoms with Gasteiger partial charge in [-0.15, -0.1) is 0 Å². The molecule has 4 heteroatoms. The molecule has 120 valence electrons. The van der Waals surface area contributed by atoms with Crippen molar-refractivity contribution < 1.29 is 4.79 Å². The summed E-state index contributed by atoms with van der Waals surface area (Å²) in [5.41, 5.74) is 2.23. The molecule has 1 amide bonds. The maximum Gasteiger partial charge on any atom is 0.241 e. The fourth-order valence-electron chi connectivity index (χ4n) is 3.38. The van der Waals surface area contributed by atoms with Crippen LogP contribution in [0.25, 0.3) is 0 Å². The lowest BCUT2D eigenvalue weighted by molar-refractivity contribution is -0.117. The number of nitrogens with one attached hydrogen (secondary N) is 2. The molecule has 2 N–H and O–H groups in total. The van der Waals surface area contributed by atoms with Gasteiger partial charge in [-0.1, -0.05) is 25.0 Å². The Balaban J connectivity index is 1.52. The minimum absolute atomic E-state index is 0.0169. The van der Waals surface area contributed by atoms with Crippen molar-refractivity contribution in [1.82, 2.24) is 10.2 Å². The SMILES string of the molecule is O=C(Nc1ccc(CN2CCCCCC2)cc1)[C@@H]1CCCN1. The Morgan fingerprint density at radius 1 is 1.09 bits per heavy atom. The van der Waals surface area contributed by atoms with Crippen LogP contribution in [-0.2, 0) is 11.3 Å². The number of hydrogen-bond donors (Lipinski definition) is 2. The van der Waals surface area contributed by atoms with Gasteiger partial charge in [0.05, 0.1) is 6.04 Å². The molecule has 2 heterocycles. The molecule has 3 rings (SSSR count). The Hall–Kier alpha value is -1.39. The largest absolute Gasteiger partial charge is 0.325 e. The maximum absolute atomic E-state index is 12.1. The van der Waals surface area contributed by atoms with Crippen molar-refractivity contribution in [2.45, 2.75) is 51.1 Å². The standard InChI is InChI=1S/C18H27N3O/c22-18(17-6-5-11-19-17)20-16-9-7-15(8-10-16)14-21-12-3-1-2-4-13-21/h7-10,17,19H,1-6,11-14H2,(H,20,22)/t17-/m0/s1. The molecule has 0 spiro atoms. The number of rotatable bonds is 4. The van der Waals surface area contributed by atoms with E-state index in [4.69, 9.17) is 0 Å². The van der Waals surface area contributed by atoms with Crippen LogP contribution >= 0.6 is 0 Å². The highest BCUT2D eigenvalue weighted by molar-refractivity contribution is 5.95. The molecule has 0 radical (unpaired) electrons.